The van der Waals surface area contributed by atoms with E-state index in [0.29, 0.717) is 17.7 Å². The Bertz CT molecular complexity index is 1210. The molecule has 2 aromatic carbocycles. The maximum atomic E-state index is 13.4. The van der Waals surface area contributed by atoms with Crippen LogP contribution in [-0.2, 0) is 11.3 Å². The summed E-state index contributed by atoms with van der Waals surface area (Å²) in [5.74, 6) is 0.195. The highest BCUT2D eigenvalue weighted by atomic mass is 79.9. The van der Waals surface area contributed by atoms with Gasteiger partial charge in [-0.25, -0.2) is 0 Å². The van der Waals surface area contributed by atoms with E-state index in [2.05, 4.69) is 55.1 Å². The number of likely N-dealkylation sites (tertiary alicyclic amines) is 1. The number of likely N-dealkylation sites (N-methyl/N-ethyl adjacent to an activating group) is 1. The molecule has 0 aliphatic carbocycles. The van der Waals surface area contributed by atoms with Gasteiger partial charge in [-0.1, -0.05) is 48.5 Å². The van der Waals surface area contributed by atoms with Gasteiger partial charge >= 0.3 is 0 Å². The number of nitrogens with zero attached hydrogens (tertiary/aromatic N) is 4. The van der Waals surface area contributed by atoms with E-state index in [4.69, 9.17) is 0 Å². The Balaban J connectivity index is 1.50. The molecule has 178 valence electrons. The van der Waals surface area contributed by atoms with Crippen LogP contribution < -0.4 is 10.5 Å². The number of H-pyrrole nitrogens is 1. The van der Waals surface area contributed by atoms with Crippen LogP contribution in [0.25, 0.3) is 0 Å². The number of carbonyl (C=O) groups is 1. The van der Waals surface area contributed by atoms with E-state index in [-0.39, 0.29) is 17.5 Å². The number of aromatic nitrogens is 2. The summed E-state index contributed by atoms with van der Waals surface area (Å²) in [7, 11) is 1.89. The molecule has 1 spiro atoms. The largest absolute Gasteiger partial charge is 0.339 e. The topological polar surface area (TPSA) is 64.6 Å². The Labute approximate surface area is 208 Å². The lowest BCUT2D eigenvalue weighted by Crippen LogP contribution is -2.57. The fraction of sp³-hybridized carbons (Fsp3) is 0.385. The second kappa shape index (κ2) is 9.07. The Morgan fingerprint density at radius 2 is 1.62 bits per heavy atom. The van der Waals surface area contributed by atoms with Crippen LogP contribution in [0, 0.1) is 0 Å². The molecule has 0 saturated carbocycles. The average Bonchev–Trinajstić information content (AvgIpc) is 3.29. The highest BCUT2D eigenvalue weighted by Gasteiger charge is 2.53. The molecule has 0 bridgehead atoms. The summed E-state index contributed by atoms with van der Waals surface area (Å²) < 4.78 is 2.50. The van der Waals surface area contributed by atoms with E-state index < -0.39 is 5.54 Å². The third-order valence-corrected chi connectivity index (χ3v) is 8.08. The number of carbonyl (C=O) groups excluding carboxylic acids is 1. The van der Waals surface area contributed by atoms with E-state index >= 15 is 0 Å². The number of anilines is 1. The number of aryl methyl sites for hydroxylation is 1. The van der Waals surface area contributed by atoms with Crippen LogP contribution in [0.2, 0.25) is 0 Å². The van der Waals surface area contributed by atoms with E-state index in [1.807, 2.05) is 60.0 Å². The number of rotatable bonds is 5. The van der Waals surface area contributed by atoms with Crippen LogP contribution in [0.5, 0.6) is 0 Å². The molecule has 2 saturated heterocycles. The molecule has 7 nitrogen and oxygen atoms in total. The summed E-state index contributed by atoms with van der Waals surface area (Å²) in [6, 6.07) is 20.5. The summed E-state index contributed by atoms with van der Waals surface area (Å²) in [6.07, 6.45) is 1.46. The molecule has 2 aliphatic heterocycles. The summed E-state index contributed by atoms with van der Waals surface area (Å²) >= 11 is 3.56. The number of amides is 1. The van der Waals surface area contributed by atoms with E-state index in [9.17, 15) is 9.59 Å². The Hall–Kier alpha value is -2.84. The molecule has 2 fully saturated rings. The van der Waals surface area contributed by atoms with Gasteiger partial charge in [-0.05, 0) is 53.4 Å². The molecule has 8 heteroatoms. The molecule has 1 atom stereocenters. The molecule has 5 rings (SSSR count). The number of hydrogen-bond acceptors (Lipinski definition) is 4. The van der Waals surface area contributed by atoms with Gasteiger partial charge < -0.3 is 9.80 Å². The lowest BCUT2D eigenvalue weighted by molar-refractivity contribution is -0.132. The molecule has 2 aliphatic rings. The number of hydrogen-bond donors (Lipinski definition) is 1. The van der Waals surface area contributed by atoms with E-state index in [1.165, 1.54) is 0 Å². The van der Waals surface area contributed by atoms with Crippen molar-refractivity contribution in [1.29, 1.82) is 0 Å². The molecule has 3 heterocycles. The van der Waals surface area contributed by atoms with Gasteiger partial charge in [0.25, 0.3) is 5.56 Å². The summed E-state index contributed by atoms with van der Waals surface area (Å²) in [5.41, 5.74) is 2.50. The summed E-state index contributed by atoms with van der Waals surface area (Å²) in [5, 5.41) is 2.96. The average molecular weight is 524 g/mol. The van der Waals surface area contributed by atoms with Gasteiger partial charge in [0.15, 0.2) is 0 Å². The minimum absolute atomic E-state index is 0.0914. The van der Waals surface area contributed by atoms with Gasteiger partial charge in [0, 0.05) is 32.4 Å². The second-order valence-corrected chi connectivity index (χ2v) is 9.97. The smallest absolute Gasteiger partial charge is 0.278 e. The van der Waals surface area contributed by atoms with Crippen molar-refractivity contribution in [2.75, 3.05) is 31.7 Å². The van der Waals surface area contributed by atoms with Crippen molar-refractivity contribution >= 4 is 27.5 Å². The van der Waals surface area contributed by atoms with Crippen LogP contribution in [0.15, 0.2) is 69.9 Å². The predicted molar refractivity (Wildman–Crippen MR) is 137 cm³/mol. The van der Waals surface area contributed by atoms with Crippen molar-refractivity contribution in [3.63, 3.8) is 0 Å². The molecule has 1 unspecified atom stereocenters. The van der Waals surface area contributed by atoms with Crippen molar-refractivity contribution < 1.29 is 4.79 Å². The quantitative estimate of drug-likeness (QED) is 0.552. The minimum atomic E-state index is -0.534. The Morgan fingerprint density at radius 3 is 2.24 bits per heavy atom. The number of para-hydroxylation sites is 1. The summed E-state index contributed by atoms with van der Waals surface area (Å²) in [6.45, 7) is 4.80. The first-order valence-corrected chi connectivity index (χ1v) is 12.6. The van der Waals surface area contributed by atoms with Crippen molar-refractivity contribution in [1.82, 2.24) is 19.6 Å². The van der Waals surface area contributed by atoms with Gasteiger partial charge in [-0.3, -0.25) is 24.3 Å². The van der Waals surface area contributed by atoms with Crippen molar-refractivity contribution in [2.45, 2.75) is 37.9 Å². The van der Waals surface area contributed by atoms with E-state index in [1.54, 1.807) is 0 Å². The first-order valence-electron chi connectivity index (χ1n) is 11.8. The zero-order valence-corrected chi connectivity index (χ0v) is 21.2. The maximum Gasteiger partial charge on any atom is 0.278 e. The molecular formula is C26H30BrN5O2. The van der Waals surface area contributed by atoms with Crippen LogP contribution in [0.1, 0.15) is 37.1 Å². The molecule has 1 aromatic heterocycles. The van der Waals surface area contributed by atoms with Gasteiger partial charge in [0.2, 0.25) is 5.91 Å². The third-order valence-electron chi connectivity index (χ3n) is 7.32. The Morgan fingerprint density at radius 1 is 1.00 bits per heavy atom. The number of halogens is 1. The van der Waals surface area contributed by atoms with Gasteiger partial charge in [-0.15, -0.1) is 0 Å². The Kier molecular flexibility index (Phi) is 6.12. The van der Waals surface area contributed by atoms with Gasteiger partial charge in [0.1, 0.15) is 10.0 Å². The SMILES string of the molecule is CCn1[nH]c(=O)c(Br)c1C(c1ccccc1)N1CCC2(CC1)C(=O)N(C)CN2c1ccccc1. The number of aromatic amines is 1. The molecule has 1 N–H and O–H groups in total. The first-order chi connectivity index (χ1) is 16.5. The lowest BCUT2D eigenvalue weighted by atomic mass is 9.84. The van der Waals surface area contributed by atoms with Crippen molar-refractivity contribution in [2.24, 2.45) is 0 Å². The van der Waals surface area contributed by atoms with Crippen molar-refractivity contribution in [3.05, 3.63) is 86.7 Å². The van der Waals surface area contributed by atoms with Crippen LogP contribution in [-0.4, -0.2) is 57.8 Å². The van der Waals surface area contributed by atoms with E-state index in [0.717, 1.165) is 42.9 Å². The van der Waals surface area contributed by atoms with Crippen LogP contribution in [0.4, 0.5) is 5.69 Å². The van der Waals surface area contributed by atoms with Gasteiger partial charge in [0.05, 0.1) is 18.4 Å². The maximum absolute atomic E-state index is 13.4. The molecule has 34 heavy (non-hydrogen) atoms. The normalized spacial score (nSPS) is 19.2. The first kappa shape index (κ1) is 22.9. The highest BCUT2D eigenvalue weighted by Crippen LogP contribution is 2.42. The lowest BCUT2D eigenvalue weighted by Gasteiger charge is -2.45. The molecular weight excluding hydrogens is 494 g/mol. The van der Waals surface area contributed by atoms with Crippen LogP contribution >= 0.6 is 15.9 Å². The fourth-order valence-corrected chi connectivity index (χ4v) is 6.14. The predicted octanol–water partition coefficient (Wildman–Crippen LogP) is 3.82. The fourth-order valence-electron chi connectivity index (χ4n) is 5.62. The molecule has 3 aromatic rings. The number of nitrogens with one attached hydrogen (secondary N) is 1. The highest BCUT2D eigenvalue weighted by molar-refractivity contribution is 9.10. The third kappa shape index (κ3) is 3.69. The summed E-state index contributed by atoms with van der Waals surface area (Å²) in [4.78, 5) is 32.5. The molecule has 0 radical (unpaired) electrons. The minimum Gasteiger partial charge on any atom is -0.339 e. The second-order valence-electron chi connectivity index (χ2n) is 9.17. The number of piperidine rings is 1. The zero-order chi connectivity index (χ0) is 23.9. The zero-order valence-electron chi connectivity index (χ0n) is 19.6. The monoisotopic (exact) mass is 523 g/mol. The standard InChI is InChI=1S/C26H30BrN5O2/c1-3-32-23(21(27)24(33)28-32)22(19-10-6-4-7-11-19)30-16-14-26(15-17-30)25(34)29(2)18-31(26)20-12-8-5-9-13-20/h4-13,22H,3,14-18H2,1-2H3,(H,28,33). The number of benzene rings is 2. The molecule has 1 amide bonds. The van der Waals surface area contributed by atoms with Crippen LogP contribution in [0.3, 0.4) is 0 Å². The van der Waals surface area contributed by atoms with Gasteiger partial charge in [-0.2, -0.15) is 0 Å². The van der Waals surface area contributed by atoms with Crippen molar-refractivity contribution in [3.8, 4) is 0 Å².